The fourth-order valence-corrected chi connectivity index (χ4v) is 3.21. The fraction of sp³-hybridized carbons (Fsp3) is 0.333. The molecule has 0 amide bonds. The number of carbonyl (C=O) groups is 1. The molecule has 1 aromatic carbocycles. The third kappa shape index (κ3) is 3.58. The van der Waals surface area contributed by atoms with Gasteiger partial charge in [0.15, 0.2) is 0 Å². The molecule has 0 unspecified atom stereocenters. The Morgan fingerprint density at radius 2 is 1.96 bits per heavy atom. The van der Waals surface area contributed by atoms with E-state index in [1.807, 2.05) is 32.0 Å². The highest BCUT2D eigenvalue weighted by Gasteiger charge is 2.20. The van der Waals surface area contributed by atoms with Crippen LogP contribution in [0.5, 0.6) is 5.75 Å². The van der Waals surface area contributed by atoms with Crippen molar-refractivity contribution in [2.75, 3.05) is 7.11 Å². The van der Waals surface area contributed by atoms with Crippen molar-refractivity contribution in [3.8, 4) is 5.75 Å². The van der Waals surface area contributed by atoms with Crippen molar-refractivity contribution >= 4 is 11.5 Å². The van der Waals surface area contributed by atoms with E-state index in [1.165, 1.54) is 12.7 Å². The van der Waals surface area contributed by atoms with Crippen LogP contribution in [-0.4, -0.2) is 18.1 Å². The lowest BCUT2D eigenvalue weighted by Gasteiger charge is -2.15. The first-order valence-electron chi connectivity index (χ1n) is 8.44. The van der Waals surface area contributed by atoms with Gasteiger partial charge >= 0.3 is 5.97 Å². The Morgan fingerprint density at radius 3 is 2.68 bits per heavy atom. The Labute approximate surface area is 148 Å². The summed E-state index contributed by atoms with van der Waals surface area (Å²) in [4.78, 5) is 16.0. The van der Waals surface area contributed by atoms with Crippen LogP contribution < -0.4 is 4.74 Å². The van der Waals surface area contributed by atoms with Crippen molar-refractivity contribution < 1.29 is 14.3 Å². The molecule has 0 saturated carbocycles. The molecule has 0 radical (unpaired) electrons. The monoisotopic (exact) mass is 337 g/mol. The number of fused-ring (bicyclic) bond motifs is 1. The molecule has 0 bridgehead atoms. The molecule has 1 aliphatic rings. The van der Waals surface area contributed by atoms with E-state index in [2.05, 4.69) is 24.1 Å². The first kappa shape index (κ1) is 17.2. The van der Waals surface area contributed by atoms with Gasteiger partial charge in [0, 0.05) is 17.0 Å². The van der Waals surface area contributed by atoms with E-state index >= 15 is 0 Å². The number of hydrogen-bond acceptors (Lipinski definition) is 4. The zero-order valence-corrected chi connectivity index (χ0v) is 15.2. The number of esters is 1. The molecule has 130 valence electrons. The Balaban J connectivity index is 1.76. The minimum absolute atomic E-state index is 0.209. The predicted molar refractivity (Wildman–Crippen MR) is 97.5 cm³/mol. The molecular weight excluding hydrogens is 314 g/mol. The summed E-state index contributed by atoms with van der Waals surface area (Å²) < 4.78 is 10.8. The van der Waals surface area contributed by atoms with Gasteiger partial charge in [0.25, 0.3) is 0 Å². The second-order valence-electron chi connectivity index (χ2n) is 6.39. The molecule has 0 fully saturated rings. The van der Waals surface area contributed by atoms with E-state index in [0.29, 0.717) is 13.0 Å². The van der Waals surface area contributed by atoms with Crippen LogP contribution >= 0.6 is 0 Å². The van der Waals surface area contributed by atoms with Crippen LogP contribution in [0.4, 0.5) is 0 Å². The van der Waals surface area contributed by atoms with Crippen molar-refractivity contribution in [1.82, 2.24) is 4.98 Å². The maximum absolute atomic E-state index is 11.6. The minimum Gasteiger partial charge on any atom is -0.489 e. The van der Waals surface area contributed by atoms with Gasteiger partial charge in [-0.1, -0.05) is 18.2 Å². The number of nitrogens with zero attached hydrogens (tertiary/aromatic N) is 1. The maximum Gasteiger partial charge on any atom is 0.309 e. The molecule has 2 aromatic rings. The van der Waals surface area contributed by atoms with Crippen molar-refractivity contribution in [3.63, 3.8) is 0 Å². The summed E-state index contributed by atoms with van der Waals surface area (Å²) in [7, 11) is 1.42. The lowest BCUT2D eigenvalue weighted by molar-refractivity contribution is -0.139. The number of benzene rings is 1. The molecule has 3 rings (SSSR count). The summed E-state index contributed by atoms with van der Waals surface area (Å²) in [5.74, 6) is 0.672. The maximum atomic E-state index is 11.6. The van der Waals surface area contributed by atoms with Crippen LogP contribution in [-0.2, 0) is 22.6 Å². The molecule has 0 spiro atoms. The van der Waals surface area contributed by atoms with E-state index in [9.17, 15) is 4.79 Å². The normalized spacial score (nSPS) is 12.6. The molecule has 1 aliphatic carbocycles. The smallest absolute Gasteiger partial charge is 0.309 e. The largest absolute Gasteiger partial charge is 0.489 e. The molecule has 4 nitrogen and oxygen atoms in total. The average Bonchev–Trinajstić information content (AvgIpc) is 2.99. The van der Waals surface area contributed by atoms with E-state index in [4.69, 9.17) is 9.47 Å². The Hall–Kier alpha value is -2.62. The third-order valence-corrected chi connectivity index (χ3v) is 4.73. The summed E-state index contributed by atoms with van der Waals surface area (Å²) in [6.45, 7) is 6.57. The van der Waals surface area contributed by atoms with Crippen LogP contribution in [0.15, 0.2) is 30.3 Å². The number of rotatable bonds is 5. The molecule has 0 N–H and O–H groups in total. The molecular formula is C21H23NO3. The molecule has 1 heterocycles. The quantitative estimate of drug-likeness (QED) is 0.771. The number of pyridine rings is 1. The van der Waals surface area contributed by atoms with Crippen LogP contribution in [0.2, 0.25) is 0 Å². The lowest BCUT2D eigenvalue weighted by Crippen LogP contribution is -2.03. The summed E-state index contributed by atoms with van der Waals surface area (Å²) >= 11 is 0. The van der Waals surface area contributed by atoms with Gasteiger partial charge in [-0.15, -0.1) is 0 Å². The SMILES string of the molecule is COC(=O)CC1=CCc2c1ccc(OCc1ccc(C)nc1C)c2C. The van der Waals surface area contributed by atoms with Crippen LogP contribution in [0, 0.1) is 20.8 Å². The van der Waals surface area contributed by atoms with Gasteiger partial charge in [0.1, 0.15) is 12.4 Å². The van der Waals surface area contributed by atoms with Gasteiger partial charge in [-0.05, 0) is 61.6 Å². The summed E-state index contributed by atoms with van der Waals surface area (Å²) in [6.07, 6.45) is 3.25. The molecule has 0 saturated heterocycles. The molecule has 25 heavy (non-hydrogen) atoms. The highest BCUT2D eigenvalue weighted by Crippen LogP contribution is 2.36. The number of ether oxygens (including phenoxy) is 2. The van der Waals surface area contributed by atoms with Crippen molar-refractivity contribution in [2.45, 2.75) is 40.2 Å². The van der Waals surface area contributed by atoms with Gasteiger partial charge in [-0.2, -0.15) is 0 Å². The van der Waals surface area contributed by atoms with Gasteiger partial charge in [-0.25, -0.2) is 0 Å². The van der Waals surface area contributed by atoms with Crippen molar-refractivity contribution in [2.24, 2.45) is 0 Å². The standard InChI is InChI=1S/C21H23NO3/c1-13-5-6-17(15(3)22-13)12-25-20-10-9-19-16(11-21(23)24-4)7-8-18(19)14(20)2/h5-7,9-10H,8,11-12H2,1-4H3. The van der Waals surface area contributed by atoms with Gasteiger partial charge in [0.05, 0.1) is 13.5 Å². The molecule has 1 aromatic heterocycles. The van der Waals surface area contributed by atoms with Crippen LogP contribution in [0.3, 0.4) is 0 Å². The Bertz CT molecular complexity index is 852. The summed E-state index contributed by atoms with van der Waals surface area (Å²) in [5.41, 5.74) is 7.63. The number of hydrogen-bond donors (Lipinski definition) is 0. The molecule has 4 heteroatoms. The summed E-state index contributed by atoms with van der Waals surface area (Å²) in [6, 6.07) is 8.10. The second-order valence-corrected chi connectivity index (χ2v) is 6.39. The topological polar surface area (TPSA) is 48.4 Å². The van der Waals surface area contributed by atoms with E-state index in [0.717, 1.165) is 45.8 Å². The van der Waals surface area contributed by atoms with Crippen molar-refractivity contribution in [3.05, 3.63) is 64.0 Å². The van der Waals surface area contributed by atoms with Gasteiger partial charge in [0.2, 0.25) is 0 Å². The zero-order chi connectivity index (χ0) is 18.0. The Morgan fingerprint density at radius 1 is 1.16 bits per heavy atom. The number of allylic oxidation sites excluding steroid dienone is 1. The summed E-state index contributed by atoms with van der Waals surface area (Å²) in [5, 5.41) is 0. The lowest BCUT2D eigenvalue weighted by atomic mass is 9.99. The number of aromatic nitrogens is 1. The fourth-order valence-electron chi connectivity index (χ4n) is 3.21. The third-order valence-electron chi connectivity index (χ3n) is 4.73. The van der Waals surface area contributed by atoms with E-state index in [-0.39, 0.29) is 5.97 Å². The molecule has 0 aliphatic heterocycles. The average molecular weight is 337 g/mol. The number of methoxy groups -OCH3 is 1. The van der Waals surface area contributed by atoms with E-state index < -0.39 is 0 Å². The minimum atomic E-state index is -0.209. The van der Waals surface area contributed by atoms with Crippen LogP contribution in [0.25, 0.3) is 5.57 Å². The second kappa shape index (κ2) is 7.09. The first-order chi connectivity index (χ1) is 12.0. The first-order valence-corrected chi connectivity index (χ1v) is 8.44. The number of carbonyl (C=O) groups excluding carboxylic acids is 1. The zero-order valence-electron chi connectivity index (χ0n) is 15.2. The Kier molecular flexibility index (Phi) is 4.88. The molecule has 0 atom stereocenters. The van der Waals surface area contributed by atoms with Gasteiger partial charge < -0.3 is 9.47 Å². The van der Waals surface area contributed by atoms with Crippen molar-refractivity contribution in [1.29, 1.82) is 0 Å². The highest BCUT2D eigenvalue weighted by atomic mass is 16.5. The van der Waals surface area contributed by atoms with Gasteiger partial charge in [-0.3, -0.25) is 9.78 Å². The van der Waals surface area contributed by atoms with E-state index in [1.54, 1.807) is 0 Å². The highest BCUT2D eigenvalue weighted by molar-refractivity contribution is 5.88. The predicted octanol–water partition coefficient (Wildman–Crippen LogP) is 4.09. The number of aryl methyl sites for hydroxylation is 2. The van der Waals surface area contributed by atoms with Crippen LogP contribution in [0.1, 0.15) is 40.1 Å².